The number of amides is 1. The molecule has 2 aromatic heterocycles. The number of halogens is 1. The summed E-state index contributed by atoms with van der Waals surface area (Å²) in [5.41, 5.74) is 0.541. The van der Waals surface area contributed by atoms with E-state index in [-0.39, 0.29) is 12.1 Å². The Labute approximate surface area is 139 Å². The van der Waals surface area contributed by atoms with Gasteiger partial charge in [0.1, 0.15) is 17.6 Å². The molecule has 1 N–H and O–H groups in total. The van der Waals surface area contributed by atoms with Gasteiger partial charge in [-0.25, -0.2) is 4.98 Å². The number of hydrogen-bond donors (Lipinski definition) is 1. The molecule has 0 atom stereocenters. The van der Waals surface area contributed by atoms with Gasteiger partial charge in [0.15, 0.2) is 0 Å². The van der Waals surface area contributed by atoms with Crippen LogP contribution in [-0.4, -0.2) is 15.5 Å². The number of thiophene rings is 1. The first kappa shape index (κ1) is 15.2. The van der Waals surface area contributed by atoms with E-state index in [0.717, 1.165) is 0 Å². The second kappa shape index (κ2) is 6.20. The molecule has 0 saturated heterocycles. The number of benzene rings is 1. The van der Waals surface area contributed by atoms with Crippen LogP contribution < -0.4 is 10.9 Å². The number of carbonyl (C=O) groups is 1. The highest BCUT2D eigenvalue weighted by molar-refractivity contribution is 7.14. The summed E-state index contributed by atoms with van der Waals surface area (Å²) in [6.45, 7) is -0.187. The van der Waals surface area contributed by atoms with E-state index in [9.17, 15) is 9.59 Å². The topological polar surface area (TPSA) is 87.8 Å². The molecule has 0 radical (unpaired) electrons. The van der Waals surface area contributed by atoms with Crippen LogP contribution in [0.15, 0.2) is 40.8 Å². The van der Waals surface area contributed by atoms with Crippen LogP contribution >= 0.6 is 22.9 Å². The Morgan fingerprint density at radius 1 is 1.43 bits per heavy atom. The molecule has 0 aliphatic rings. The average molecular weight is 345 g/mol. The van der Waals surface area contributed by atoms with E-state index in [1.54, 1.807) is 29.6 Å². The van der Waals surface area contributed by atoms with Gasteiger partial charge in [0.2, 0.25) is 5.91 Å². The molecule has 8 heteroatoms. The number of nitrogens with zero attached hydrogens (tertiary/aromatic N) is 3. The van der Waals surface area contributed by atoms with Crippen LogP contribution in [0.3, 0.4) is 0 Å². The normalized spacial score (nSPS) is 10.4. The molecule has 1 aromatic carbocycles. The number of hydrogen-bond acceptors (Lipinski definition) is 5. The highest BCUT2D eigenvalue weighted by Gasteiger charge is 2.11. The van der Waals surface area contributed by atoms with Crippen LogP contribution in [0.25, 0.3) is 10.9 Å². The second-order valence-corrected chi connectivity index (χ2v) is 6.02. The van der Waals surface area contributed by atoms with Gasteiger partial charge in [-0.1, -0.05) is 11.6 Å². The predicted octanol–water partition coefficient (Wildman–Crippen LogP) is 2.62. The summed E-state index contributed by atoms with van der Waals surface area (Å²) in [4.78, 5) is 28.6. The largest absolute Gasteiger partial charge is 0.315 e. The zero-order valence-electron chi connectivity index (χ0n) is 11.6. The van der Waals surface area contributed by atoms with Crippen LogP contribution in [0.1, 0.15) is 5.56 Å². The molecule has 0 aliphatic carbocycles. The molecular formula is C15H9ClN4O2S. The van der Waals surface area contributed by atoms with Gasteiger partial charge in [0.25, 0.3) is 5.56 Å². The Bertz CT molecular complexity index is 1000. The Morgan fingerprint density at radius 2 is 2.26 bits per heavy atom. The minimum atomic E-state index is -0.402. The number of anilines is 1. The lowest BCUT2D eigenvalue weighted by Crippen LogP contribution is -2.27. The molecule has 6 nitrogen and oxygen atoms in total. The first-order valence-electron chi connectivity index (χ1n) is 6.50. The lowest BCUT2D eigenvalue weighted by atomic mass is 10.2. The maximum absolute atomic E-state index is 12.4. The Morgan fingerprint density at radius 3 is 3.04 bits per heavy atom. The molecule has 0 spiro atoms. The molecule has 3 aromatic rings. The van der Waals surface area contributed by atoms with Crippen molar-refractivity contribution in [3.63, 3.8) is 0 Å². The van der Waals surface area contributed by atoms with E-state index in [1.165, 1.54) is 22.2 Å². The van der Waals surface area contributed by atoms with Gasteiger partial charge in [-0.3, -0.25) is 14.2 Å². The zero-order chi connectivity index (χ0) is 16.4. The summed E-state index contributed by atoms with van der Waals surface area (Å²) in [5.74, 6) is -0.402. The van der Waals surface area contributed by atoms with Gasteiger partial charge in [-0.15, -0.1) is 11.3 Å². The molecule has 0 unspecified atom stereocenters. The summed E-state index contributed by atoms with van der Waals surface area (Å²) in [7, 11) is 0. The maximum Gasteiger partial charge on any atom is 0.261 e. The highest BCUT2D eigenvalue weighted by Crippen LogP contribution is 2.22. The summed E-state index contributed by atoms with van der Waals surface area (Å²) in [6, 6.07) is 8.37. The summed E-state index contributed by atoms with van der Waals surface area (Å²) < 4.78 is 1.21. The molecule has 1 amide bonds. The third kappa shape index (κ3) is 3.08. The molecule has 114 valence electrons. The third-order valence-electron chi connectivity index (χ3n) is 3.14. The highest BCUT2D eigenvalue weighted by atomic mass is 35.5. The lowest BCUT2D eigenvalue weighted by molar-refractivity contribution is -0.116. The molecule has 3 rings (SSSR count). The number of carbonyl (C=O) groups excluding carboxylic acids is 1. The van der Waals surface area contributed by atoms with Crippen LogP contribution in [0.4, 0.5) is 5.00 Å². The van der Waals surface area contributed by atoms with Crippen molar-refractivity contribution in [1.82, 2.24) is 9.55 Å². The predicted molar refractivity (Wildman–Crippen MR) is 88.7 cm³/mol. The van der Waals surface area contributed by atoms with Crippen molar-refractivity contribution < 1.29 is 4.79 Å². The van der Waals surface area contributed by atoms with E-state index in [4.69, 9.17) is 16.9 Å². The molecule has 0 saturated carbocycles. The van der Waals surface area contributed by atoms with Crippen molar-refractivity contribution in [1.29, 1.82) is 5.26 Å². The van der Waals surface area contributed by atoms with Gasteiger partial charge >= 0.3 is 0 Å². The van der Waals surface area contributed by atoms with Crippen LogP contribution in [0, 0.1) is 11.3 Å². The van der Waals surface area contributed by atoms with E-state index >= 15 is 0 Å². The molecule has 0 aliphatic heterocycles. The van der Waals surface area contributed by atoms with Crippen molar-refractivity contribution >= 4 is 44.7 Å². The van der Waals surface area contributed by atoms with Crippen molar-refractivity contribution in [2.24, 2.45) is 0 Å². The number of nitriles is 1. The number of rotatable bonds is 3. The molecule has 0 bridgehead atoms. The van der Waals surface area contributed by atoms with Crippen molar-refractivity contribution in [2.75, 3.05) is 5.32 Å². The monoisotopic (exact) mass is 344 g/mol. The minimum absolute atomic E-state index is 0.187. The first-order chi connectivity index (χ1) is 11.1. The first-order valence-corrected chi connectivity index (χ1v) is 7.76. The minimum Gasteiger partial charge on any atom is -0.315 e. The zero-order valence-corrected chi connectivity index (χ0v) is 13.2. The van der Waals surface area contributed by atoms with Crippen LogP contribution in [0.2, 0.25) is 5.02 Å². The smallest absolute Gasteiger partial charge is 0.261 e. The maximum atomic E-state index is 12.4. The van der Waals surface area contributed by atoms with Gasteiger partial charge in [-0.2, -0.15) is 5.26 Å². The fourth-order valence-corrected chi connectivity index (χ4v) is 2.98. The van der Waals surface area contributed by atoms with Gasteiger partial charge in [0.05, 0.1) is 22.8 Å². The van der Waals surface area contributed by atoms with Crippen molar-refractivity contribution in [3.05, 3.63) is 56.9 Å². The standard InChI is InChI=1S/C15H9ClN4O2S/c16-10-1-2-11-12(5-10)18-8-20(15(11)22)7-13(21)19-14-9(6-17)3-4-23-14/h1-5,8H,7H2,(H,19,21). The quantitative estimate of drug-likeness (QED) is 0.791. The molecule has 23 heavy (non-hydrogen) atoms. The van der Waals surface area contributed by atoms with E-state index in [0.29, 0.717) is 26.5 Å². The summed E-state index contributed by atoms with van der Waals surface area (Å²) in [5, 5.41) is 14.6. The van der Waals surface area contributed by atoms with Crippen LogP contribution in [0.5, 0.6) is 0 Å². The summed E-state index contributed by atoms with van der Waals surface area (Å²) in [6.07, 6.45) is 1.31. The Hall–Kier alpha value is -2.69. The Balaban J connectivity index is 1.86. The van der Waals surface area contributed by atoms with Crippen molar-refractivity contribution in [2.45, 2.75) is 6.54 Å². The molecular weight excluding hydrogens is 336 g/mol. The van der Waals surface area contributed by atoms with Gasteiger partial charge in [-0.05, 0) is 29.6 Å². The van der Waals surface area contributed by atoms with Crippen molar-refractivity contribution in [3.8, 4) is 6.07 Å². The van der Waals surface area contributed by atoms with E-state index in [2.05, 4.69) is 10.3 Å². The summed E-state index contributed by atoms with van der Waals surface area (Å²) >= 11 is 7.11. The van der Waals surface area contributed by atoms with Crippen LogP contribution in [-0.2, 0) is 11.3 Å². The average Bonchev–Trinajstić information content (AvgIpc) is 2.97. The Kier molecular flexibility index (Phi) is 4.10. The molecule has 2 heterocycles. The fourth-order valence-electron chi connectivity index (χ4n) is 2.06. The van der Waals surface area contributed by atoms with Gasteiger partial charge in [0, 0.05) is 5.02 Å². The third-order valence-corrected chi connectivity index (χ3v) is 4.20. The number of fused-ring (bicyclic) bond motifs is 1. The van der Waals surface area contributed by atoms with E-state index in [1.807, 2.05) is 6.07 Å². The van der Waals surface area contributed by atoms with E-state index < -0.39 is 5.91 Å². The lowest BCUT2D eigenvalue weighted by Gasteiger charge is -2.07. The molecule has 0 fully saturated rings. The fraction of sp³-hybridized carbons (Fsp3) is 0.0667. The second-order valence-electron chi connectivity index (χ2n) is 4.66. The SMILES string of the molecule is N#Cc1ccsc1NC(=O)Cn1cnc2cc(Cl)ccc2c1=O. The van der Waals surface area contributed by atoms with Gasteiger partial charge < -0.3 is 5.32 Å². The number of aromatic nitrogens is 2. The number of nitrogens with one attached hydrogen (secondary N) is 1.